The van der Waals surface area contributed by atoms with Gasteiger partial charge in [-0.1, -0.05) is 24.3 Å². The summed E-state index contributed by atoms with van der Waals surface area (Å²) in [5, 5.41) is 4.25. The number of benzene rings is 4. The van der Waals surface area contributed by atoms with Crippen LogP contribution in [0.2, 0.25) is 0 Å². The molecule has 1 aliphatic heterocycles. The van der Waals surface area contributed by atoms with Crippen LogP contribution in [0.4, 0.5) is 0 Å². The molecule has 8 aromatic rings. The SMILES string of the molecule is Cc1cc2c(cc3c4c(nccc42)-c2[c-]cccc2S3=O)c(C)n1.[Ir+3].[c-]1ccccc1-c1ccccn1.[c-]1ccccc1-c1ccccn1. The fraction of sp³-hybridized carbons (Fsp3) is 0.0476. The largest absolute Gasteiger partial charge is 3.00 e. The van der Waals surface area contributed by atoms with Crippen LogP contribution in [-0.4, -0.2) is 24.1 Å². The van der Waals surface area contributed by atoms with Gasteiger partial charge < -0.3 is 15.0 Å². The molecule has 0 fully saturated rings. The molecule has 0 N–H and O–H groups in total. The van der Waals surface area contributed by atoms with Crippen LogP contribution in [-0.2, 0) is 30.9 Å². The quantitative estimate of drug-likeness (QED) is 0.128. The van der Waals surface area contributed by atoms with Crippen LogP contribution >= 0.6 is 0 Å². The molecule has 4 aromatic heterocycles. The molecule has 0 saturated carbocycles. The summed E-state index contributed by atoms with van der Waals surface area (Å²) in [6.07, 6.45) is 5.40. The van der Waals surface area contributed by atoms with E-state index in [2.05, 4.69) is 44.2 Å². The van der Waals surface area contributed by atoms with Gasteiger partial charge in [0.25, 0.3) is 0 Å². The van der Waals surface area contributed by atoms with Gasteiger partial charge in [-0.15, -0.1) is 102 Å². The zero-order valence-corrected chi connectivity index (χ0v) is 29.9. The van der Waals surface area contributed by atoms with Gasteiger partial charge in [-0.05, 0) is 82.3 Å². The minimum atomic E-state index is -1.23. The number of hydrogen-bond donors (Lipinski definition) is 0. The number of pyridine rings is 4. The van der Waals surface area contributed by atoms with E-state index in [-0.39, 0.29) is 20.1 Å². The second kappa shape index (κ2) is 15.3. The van der Waals surface area contributed by atoms with E-state index < -0.39 is 10.8 Å². The number of fused-ring (bicyclic) bond motifs is 4. The van der Waals surface area contributed by atoms with Crippen LogP contribution in [0.25, 0.3) is 55.3 Å². The molecule has 0 amide bonds. The van der Waals surface area contributed by atoms with E-state index in [0.717, 1.165) is 76.5 Å². The van der Waals surface area contributed by atoms with E-state index >= 15 is 0 Å². The Labute approximate surface area is 302 Å². The van der Waals surface area contributed by atoms with Crippen molar-refractivity contribution in [3.05, 3.63) is 170 Å². The molecule has 4 aromatic carbocycles. The van der Waals surface area contributed by atoms with Crippen LogP contribution in [0, 0.1) is 32.0 Å². The first-order valence-electron chi connectivity index (χ1n) is 15.5. The third kappa shape index (κ3) is 7.15. The zero-order valence-electron chi connectivity index (χ0n) is 26.7. The molecule has 49 heavy (non-hydrogen) atoms. The minimum absolute atomic E-state index is 0. The second-order valence-electron chi connectivity index (χ2n) is 11.1. The predicted molar refractivity (Wildman–Crippen MR) is 192 cm³/mol. The summed E-state index contributed by atoms with van der Waals surface area (Å²) in [6, 6.07) is 48.6. The van der Waals surface area contributed by atoms with Gasteiger partial charge >= 0.3 is 20.1 Å². The van der Waals surface area contributed by atoms with Crippen molar-refractivity contribution in [2.75, 3.05) is 0 Å². The van der Waals surface area contributed by atoms with Crippen molar-refractivity contribution < 1.29 is 24.3 Å². The summed E-state index contributed by atoms with van der Waals surface area (Å²) in [4.78, 5) is 19.2. The molecule has 7 heteroatoms. The Hall–Kier alpha value is -5.20. The van der Waals surface area contributed by atoms with Crippen LogP contribution in [0.3, 0.4) is 0 Å². The Morgan fingerprint density at radius 3 is 1.80 bits per heavy atom. The van der Waals surface area contributed by atoms with Crippen molar-refractivity contribution in [2.24, 2.45) is 0 Å². The summed E-state index contributed by atoms with van der Waals surface area (Å²) in [5.41, 5.74) is 7.68. The number of nitrogens with zero attached hydrogens (tertiary/aromatic N) is 4. The van der Waals surface area contributed by atoms with E-state index in [1.54, 1.807) is 12.4 Å². The Kier molecular flexibility index (Phi) is 10.6. The van der Waals surface area contributed by atoms with E-state index in [1.807, 2.05) is 135 Å². The molecule has 5 heterocycles. The standard InChI is InChI=1S/C20H13N2OS.2C11H8N.Ir/c1-11-9-16-13-7-8-21-20-14-5-3-4-6-17(14)24(23)18(19(13)20)10-15(16)12(2)22-11;2*1-2-6-10(7-3-1)11-8-4-5-9-12-11;/h3-4,6-10H,1-2H3;2*1-6,8-9H;/q3*-1;+3. The molecule has 1 unspecified atom stereocenters. The number of aromatic nitrogens is 4. The first-order valence-corrected chi connectivity index (χ1v) is 16.6. The maximum absolute atomic E-state index is 13.2. The summed E-state index contributed by atoms with van der Waals surface area (Å²) in [7, 11) is -1.23. The molecule has 0 saturated heterocycles. The average molecular weight is 830 g/mol. The molecular weight excluding hydrogens is 801 g/mol. The average Bonchev–Trinajstić information content (AvgIpc) is 3.16. The van der Waals surface area contributed by atoms with Crippen molar-refractivity contribution in [1.82, 2.24) is 19.9 Å². The molecule has 1 aliphatic rings. The molecular formula is C42H29IrN4OS. The van der Waals surface area contributed by atoms with Gasteiger partial charge in [0.2, 0.25) is 0 Å². The van der Waals surface area contributed by atoms with Gasteiger partial charge in [0, 0.05) is 51.1 Å². The summed E-state index contributed by atoms with van der Waals surface area (Å²) in [6.45, 7) is 4.00. The van der Waals surface area contributed by atoms with Crippen molar-refractivity contribution in [3.8, 4) is 33.8 Å². The molecule has 238 valence electrons. The van der Waals surface area contributed by atoms with Gasteiger partial charge in [-0.2, -0.15) is 0 Å². The van der Waals surface area contributed by atoms with E-state index in [4.69, 9.17) is 0 Å². The smallest absolute Gasteiger partial charge is 0.305 e. The van der Waals surface area contributed by atoms with E-state index in [0.29, 0.717) is 0 Å². The first-order chi connectivity index (χ1) is 23.6. The van der Waals surface area contributed by atoms with Gasteiger partial charge in [-0.3, -0.25) is 9.19 Å². The van der Waals surface area contributed by atoms with Crippen molar-refractivity contribution in [3.63, 3.8) is 0 Å². The third-order valence-electron chi connectivity index (χ3n) is 7.89. The van der Waals surface area contributed by atoms with Gasteiger partial charge in [0.15, 0.2) is 0 Å². The third-order valence-corrected chi connectivity index (χ3v) is 9.36. The van der Waals surface area contributed by atoms with Crippen LogP contribution in [0.1, 0.15) is 11.4 Å². The van der Waals surface area contributed by atoms with Crippen LogP contribution < -0.4 is 0 Å². The van der Waals surface area contributed by atoms with Crippen LogP contribution in [0.5, 0.6) is 0 Å². The zero-order chi connectivity index (χ0) is 32.9. The molecule has 0 spiro atoms. The Bertz CT molecular complexity index is 2220. The minimum Gasteiger partial charge on any atom is -0.305 e. The monoisotopic (exact) mass is 830 g/mol. The Morgan fingerprint density at radius 1 is 0.571 bits per heavy atom. The molecule has 0 aliphatic carbocycles. The maximum atomic E-state index is 13.2. The normalized spacial score (nSPS) is 12.4. The Balaban J connectivity index is 0.000000141. The van der Waals surface area contributed by atoms with Crippen molar-refractivity contribution >= 4 is 32.3 Å². The second-order valence-corrected chi connectivity index (χ2v) is 12.5. The maximum Gasteiger partial charge on any atom is 3.00 e. The summed E-state index contributed by atoms with van der Waals surface area (Å²) >= 11 is 0. The fourth-order valence-electron chi connectivity index (χ4n) is 5.75. The Morgan fingerprint density at radius 2 is 1.20 bits per heavy atom. The molecule has 0 bridgehead atoms. The van der Waals surface area contributed by atoms with Gasteiger partial charge in [0.1, 0.15) is 0 Å². The van der Waals surface area contributed by atoms with Gasteiger partial charge in [-0.25, -0.2) is 0 Å². The van der Waals surface area contributed by atoms with Crippen molar-refractivity contribution in [1.29, 1.82) is 0 Å². The number of aryl methyl sites for hydroxylation is 2. The molecule has 5 nitrogen and oxygen atoms in total. The van der Waals surface area contributed by atoms with Gasteiger partial charge in [0.05, 0.1) is 0 Å². The van der Waals surface area contributed by atoms with E-state index in [9.17, 15) is 4.21 Å². The summed E-state index contributed by atoms with van der Waals surface area (Å²) in [5.74, 6) is 0. The number of rotatable bonds is 2. The predicted octanol–water partition coefficient (Wildman–Crippen LogP) is 9.44. The fourth-order valence-corrected chi connectivity index (χ4v) is 7.14. The molecule has 0 radical (unpaired) electrons. The first kappa shape index (κ1) is 33.7. The molecule has 9 rings (SSSR count). The van der Waals surface area contributed by atoms with Crippen molar-refractivity contribution in [2.45, 2.75) is 23.6 Å². The topological polar surface area (TPSA) is 68.6 Å². The van der Waals surface area contributed by atoms with E-state index in [1.165, 1.54) is 0 Å². The van der Waals surface area contributed by atoms with Crippen LogP contribution in [0.15, 0.2) is 150 Å². The molecule has 1 atom stereocenters. The summed E-state index contributed by atoms with van der Waals surface area (Å²) < 4.78 is 13.2. The number of hydrogen-bond acceptors (Lipinski definition) is 5.